The normalized spacial score (nSPS) is 23.6. The number of rotatable bonds is 2. The number of fused-ring (bicyclic) bond motifs is 1. The van der Waals surface area contributed by atoms with Gasteiger partial charge in [0.05, 0.1) is 29.7 Å². The summed E-state index contributed by atoms with van der Waals surface area (Å²) >= 11 is 5.86. The lowest BCUT2D eigenvalue weighted by Crippen LogP contribution is -2.24. The lowest BCUT2D eigenvalue weighted by molar-refractivity contribution is 0.0572. The Morgan fingerprint density at radius 3 is 2.75 bits per heavy atom. The van der Waals surface area contributed by atoms with E-state index in [1.165, 1.54) is 0 Å². The van der Waals surface area contributed by atoms with Gasteiger partial charge in [-0.05, 0) is 18.2 Å². The summed E-state index contributed by atoms with van der Waals surface area (Å²) in [4.78, 5) is 20.9. The van der Waals surface area contributed by atoms with Gasteiger partial charge in [0.15, 0.2) is 0 Å². The van der Waals surface area contributed by atoms with Gasteiger partial charge in [-0.25, -0.2) is 4.98 Å². The van der Waals surface area contributed by atoms with Gasteiger partial charge in [0.25, 0.3) is 5.56 Å². The summed E-state index contributed by atoms with van der Waals surface area (Å²) in [6.07, 6.45) is -1.50. The van der Waals surface area contributed by atoms with Crippen molar-refractivity contribution in [2.45, 2.75) is 18.8 Å². The number of nitrogens with zero attached hydrogens (tertiary/aromatic N) is 2. The number of hydrogen-bond donors (Lipinski definition) is 3. The summed E-state index contributed by atoms with van der Waals surface area (Å²) in [5.74, 6) is 0.506. The Balaban J connectivity index is 1.90. The molecule has 1 aliphatic heterocycles. The van der Waals surface area contributed by atoms with Gasteiger partial charge < -0.3 is 15.2 Å². The van der Waals surface area contributed by atoms with Crippen molar-refractivity contribution < 1.29 is 10.2 Å². The molecule has 2 aromatic rings. The SMILES string of the molecule is O=c1[nH]c(CN2CC(O)C(O)C2)nc2ccc(Cl)cc12. The summed E-state index contributed by atoms with van der Waals surface area (Å²) in [5, 5.41) is 19.9. The van der Waals surface area contributed by atoms with Crippen molar-refractivity contribution in [2.75, 3.05) is 13.1 Å². The lowest BCUT2D eigenvalue weighted by atomic mass is 10.2. The third kappa shape index (κ3) is 2.55. The fraction of sp³-hybridized carbons (Fsp3) is 0.385. The average Bonchev–Trinajstić information content (AvgIpc) is 2.69. The third-order valence-corrected chi connectivity index (χ3v) is 3.66. The maximum Gasteiger partial charge on any atom is 0.258 e. The monoisotopic (exact) mass is 295 g/mol. The topological polar surface area (TPSA) is 89.5 Å². The van der Waals surface area contributed by atoms with Crippen LogP contribution in [0.2, 0.25) is 5.02 Å². The number of H-pyrrole nitrogens is 1. The molecule has 20 heavy (non-hydrogen) atoms. The molecule has 2 heterocycles. The molecule has 2 unspecified atom stereocenters. The van der Waals surface area contributed by atoms with Gasteiger partial charge in [-0.3, -0.25) is 9.69 Å². The van der Waals surface area contributed by atoms with Gasteiger partial charge >= 0.3 is 0 Å². The van der Waals surface area contributed by atoms with Gasteiger partial charge in [-0.1, -0.05) is 11.6 Å². The first-order valence-corrected chi connectivity index (χ1v) is 6.67. The van der Waals surface area contributed by atoms with Gasteiger partial charge in [-0.2, -0.15) is 0 Å². The molecule has 0 amide bonds. The van der Waals surface area contributed by atoms with Crippen LogP contribution in [0.3, 0.4) is 0 Å². The zero-order valence-corrected chi connectivity index (χ0v) is 11.3. The molecule has 0 spiro atoms. The Morgan fingerprint density at radius 1 is 1.35 bits per heavy atom. The smallest absolute Gasteiger partial charge is 0.258 e. The highest BCUT2D eigenvalue weighted by Crippen LogP contribution is 2.16. The molecule has 0 aliphatic carbocycles. The second-order valence-corrected chi connectivity index (χ2v) is 5.44. The number of nitrogens with one attached hydrogen (secondary N) is 1. The van der Waals surface area contributed by atoms with Crippen molar-refractivity contribution in [3.05, 3.63) is 39.4 Å². The molecular weight excluding hydrogens is 282 g/mol. The predicted molar refractivity (Wildman–Crippen MR) is 74.7 cm³/mol. The number of hydrogen-bond acceptors (Lipinski definition) is 5. The number of benzene rings is 1. The molecule has 6 nitrogen and oxygen atoms in total. The molecule has 1 aromatic heterocycles. The molecule has 1 aromatic carbocycles. The predicted octanol–water partition coefficient (Wildman–Crippen LogP) is 0.114. The van der Waals surface area contributed by atoms with Crippen LogP contribution in [-0.2, 0) is 6.54 Å². The number of aromatic nitrogens is 2. The first-order chi connectivity index (χ1) is 9.52. The van der Waals surface area contributed by atoms with E-state index in [-0.39, 0.29) is 5.56 Å². The molecule has 1 saturated heterocycles. The molecule has 106 valence electrons. The molecule has 3 rings (SSSR count). The van der Waals surface area contributed by atoms with Gasteiger partial charge in [0.2, 0.25) is 0 Å². The average molecular weight is 296 g/mol. The molecule has 2 atom stereocenters. The van der Waals surface area contributed by atoms with Crippen molar-refractivity contribution in [3.8, 4) is 0 Å². The van der Waals surface area contributed by atoms with Crippen molar-refractivity contribution in [2.24, 2.45) is 0 Å². The largest absolute Gasteiger partial charge is 0.389 e. The maximum atomic E-state index is 12.0. The van der Waals surface area contributed by atoms with Crippen LogP contribution in [0.25, 0.3) is 10.9 Å². The lowest BCUT2D eigenvalue weighted by Gasteiger charge is -2.13. The van der Waals surface area contributed by atoms with Crippen LogP contribution in [0.15, 0.2) is 23.0 Å². The van der Waals surface area contributed by atoms with Gasteiger partial charge in [-0.15, -0.1) is 0 Å². The minimum absolute atomic E-state index is 0.243. The van der Waals surface area contributed by atoms with Crippen LogP contribution in [0.1, 0.15) is 5.82 Å². The molecular formula is C13H14ClN3O3. The first kappa shape index (κ1) is 13.5. The molecule has 0 saturated carbocycles. The molecule has 0 bridgehead atoms. The summed E-state index contributed by atoms with van der Waals surface area (Å²) in [6.45, 7) is 1.11. The van der Waals surface area contributed by atoms with Crippen molar-refractivity contribution in [1.29, 1.82) is 0 Å². The van der Waals surface area contributed by atoms with Crippen LogP contribution >= 0.6 is 11.6 Å². The maximum absolute atomic E-state index is 12.0. The van der Waals surface area contributed by atoms with E-state index in [0.29, 0.717) is 41.4 Å². The summed E-state index contributed by atoms with van der Waals surface area (Å²) < 4.78 is 0. The van der Waals surface area contributed by atoms with Crippen molar-refractivity contribution in [1.82, 2.24) is 14.9 Å². The zero-order chi connectivity index (χ0) is 14.3. The van der Waals surface area contributed by atoms with Crippen molar-refractivity contribution >= 4 is 22.5 Å². The zero-order valence-electron chi connectivity index (χ0n) is 10.6. The second-order valence-electron chi connectivity index (χ2n) is 5.00. The Morgan fingerprint density at radius 2 is 2.05 bits per heavy atom. The fourth-order valence-electron chi connectivity index (χ4n) is 2.42. The van der Waals surface area contributed by atoms with E-state index in [1.807, 2.05) is 4.90 Å². The molecule has 3 N–H and O–H groups in total. The van der Waals surface area contributed by atoms with Crippen LogP contribution < -0.4 is 5.56 Å². The van der Waals surface area contributed by atoms with E-state index in [2.05, 4.69) is 9.97 Å². The highest BCUT2D eigenvalue weighted by Gasteiger charge is 2.29. The minimum Gasteiger partial charge on any atom is -0.389 e. The Bertz CT molecular complexity index is 693. The van der Waals surface area contributed by atoms with Crippen LogP contribution in [0, 0.1) is 0 Å². The fourth-order valence-corrected chi connectivity index (χ4v) is 2.59. The molecule has 1 fully saturated rings. The highest BCUT2D eigenvalue weighted by atomic mass is 35.5. The molecule has 7 heteroatoms. The highest BCUT2D eigenvalue weighted by molar-refractivity contribution is 6.31. The Hall–Kier alpha value is -1.47. The minimum atomic E-state index is -0.749. The van der Waals surface area contributed by atoms with Crippen LogP contribution in [0.5, 0.6) is 0 Å². The van der Waals surface area contributed by atoms with Gasteiger partial charge in [0.1, 0.15) is 5.82 Å². The standard InChI is InChI=1S/C13H14ClN3O3/c14-7-1-2-9-8(3-7)13(20)16-12(15-9)6-17-4-10(18)11(19)5-17/h1-3,10-11,18-19H,4-6H2,(H,15,16,20). The quantitative estimate of drug-likeness (QED) is 0.732. The third-order valence-electron chi connectivity index (χ3n) is 3.42. The first-order valence-electron chi connectivity index (χ1n) is 6.30. The van der Waals surface area contributed by atoms with E-state index in [0.717, 1.165) is 0 Å². The van der Waals surface area contributed by atoms with E-state index in [1.54, 1.807) is 18.2 Å². The number of β-amino-alcohol motifs (C(OH)–C–C–N with tert-alkyl or cyclic N) is 2. The van der Waals surface area contributed by atoms with E-state index in [4.69, 9.17) is 11.6 Å². The molecule has 1 aliphatic rings. The number of aromatic amines is 1. The second kappa shape index (κ2) is 5.14. The van der Waals surface area contributed by atoms with Crippen LogP contribution in [-0.4, -0.2) is 50.4 Å². The van der Waals surface area contributed by atoms with Crippen LogP contribution in [0.4, 0.5) is 0 Å². The van der Waals surface area contributed by atoms with E-state index >= 15 is 0 Å². The molecule has 0 radical (unpaired) electrons. The summed E-state index contributed by atoms with van der Waals surface area (Å²) in [5.41, 5.74) is 0.334. The van der Waals surface area contributed by atoms with E-state index < -0.39 is 12.2 Å². The Labute approximate surface area is 119 Å². The van der Waals surface area contributed by atoms with E-state index in [9.17, 15) is 15.0 Å². The summed E-state index contributed by atoms with van der Waals surface area (Å²) in [6, 6.07) is 4.96. The van der Waals surface area contributed by atoms with Gasteiger partial charge in [0, 0.05) is 18.1 Å². The number of likely N-dealkylation sites (tertiary alicyclic amines) is 1. The number of aliphatic hydroxyl groups excluding tert-OH is 2. The summed E-state index contributed by atoms with van der Waals surface area (Å²) in [7, 11) is 0. The van der Waals surface area contributed by atoms with Crippen molar-refractivity contribution in [3.63, 3.8) is 0 Å². The number of halogens is 1. The Kier molecular flexibility index (Phi) is 3.47. The number of aliphatic hydroxyl groups is 2.